The van der Waals surface area contributed by atoms with Crippen LogP contribution in [0.1, 0.15) is 132 Å². The second-order valence-corrected chi connectivity index (χ2v) is 12.4. The molecule has 38 heavy (non-hydrogen) atoms. The molecule has 0 saturated carbocycles. The number of fused-ring (bicyclic) bond motifs is 6. The summed E-state index contributed by atoms with van der Waals surface area (Å²) >= 11 is 0. The van der Waals surface area contributed by atoms with Crippen LogP contribution in [-0.2, 0) is 18.3 Å². The number of unbranched alkanes of at least 4 members (excludes halogenated alkanes) is 10. The second kappa shape index (κ2) is 12.7. The van der Waals surface area contributed by atoms with Crippen molar-refractivity contribution >= 4 is 0 Å². The molecule has 202 valence electrons. The first-order chi connectivity index (χ1) is 18.7. The highest BCUT2D eigenvalue weighted by atomic mass is 14.5. The van der Waals surface area contributed by atoms with E-state index in [1.807, 2.05) is 0 Å². The molecule has 0 bridgehead atoms. The highest BCUT2D eigenvalue weighted by Crippen LogP contribution is 2.56. The zero-order valence-corrected chi connectivity index (χ0v) is 24.5. The molecule has 0 N–H and O–H groups in total. The van der Waals surface area contributed by atoms with Gasteiger partial charge in [0.1, 0.15) is 0 Å². The molecule has 0 nitrogen and oxygen atoms in total. The molecule has 0 radical (unpaired) electrons. The molecular formula is C38H50. The number of hydrogen-bond donors (Lipinski definition) is 0. The standard InChI is InChI=1S/C38H50/c1-4-6-8-10-12-16-24-38(25-17-13-11-9-7-5-2)36-26-29(3)20-23-33(36)35-27-31-22-21-30-18-14-15-19-32(30)34(31)28-37(35)38/h14-15,18-20,23,26-28H,4-13,16-17,21-22,24-25H2,1-3H3. The monoisotopic (exact) mass is 506 g/mol. The van der Waals surface area contributed by atoms with Crippen LogP contribution in [0.4, 0.5) is 0 Å². The minimum Gasteiger partial charge on any atom is -0.0654 e. The lowest BCUT2D eigenvalue weighted by Crippen LogP contribution is -2.26. The van der Waals surface area contributed by atoms with E-state index >= 15 is 0 Å². The molecular weight excluding hydrogens is 456 g/mol. The maximum Gasteiger partial charge on any atom is 0.0215 e. The lowest BCUT2D eigenvalue weighted by Gasteiger charge is -2.34. The first kappa shape index (κ1) is 27.2. The van der Waals surface area contributed by atoms with Gasteiger partial charge in [-0.2, -0.15) is 0 Å². The van der Waals surface area contributed by atoms with E-state index in [1.54, 1.807) is 22.3 Å². The number of aryl methyl sites for hydroxylation is 3. The zero-order chi connectivity index (χ0) is 26.4. The number of hydrogen-bond acceptors (Lipinski definition) is 0. The summed E-state index contributed by atoms with van der Waals surface area (Å²) in [5.74, 6) is 0. The van der Waals surface area contributed by atoms with E-state index in [1.165, 1.54) is 131 Å². The molecule has 0 aromatic heterocycles. The van der Waals surface area contributed by atoms with Gasteiger partial charge in [0.15, 0.2) is 0 Å². The van der Waals surface area contributed by atoms with Crippen LogP contribution in [0.3, 0.4) is 0 Å². The van der Waals surface area contributed by atoms with Gasteiger partial charge in [-0.05, 0) is 83.2 Å². The molecule has 0 atom stereocenters. The van der Waals surface area contributed by atoms with E-state index in [4.69, 9.17) is 0 Å². The molecule has 2 aliphatic carbocycles. The van der Waals surface area contributed by atoms with Crippen molar-refractivity contribution in [3.8, 4) is 22.3 Å². The number of rotatable bonds is 14. The summed E-state index contributed by atoms with van der Waals surface area (Å²) in [4.78, 5) is 0. The topological polar surface area (TPSA) is 0 Å². The molecule has 0 amide bonds. The molecule has 0 aliphatic heterocycles. The van der Waals surface area contributed by atoms with E-state index < -0.39 is 0 Å². The molecule has 0 fully saturated rings. The van der Waals surface area contributed by atoms with Gasteiger partial charge in [0.25, 0.3) is 0 Å². The Kier molecular flexibility index (Phi) is 9.08. The Labute approximate surface area is 233 Å². The Morgan fingerprint density at radius 1 is 0.526 bits per heavy atom. The van der Waals surface area contributed by atoms with Gasteiger partial charge in [-0.1, -0.05) is 145 Å². The van der Waals surface area contributed by atoms with Gasteiger partial charge in [-0.25, -0.2) is 0 Å². The van der Waals surface area contributed by atoms with Crippen LogP contribution in [0.2, 0.25) is 0 Å². The van der Waals surface area contributed by atoms with E-state index in [2.05, 4.69) is 75.4 Å². The van der Waals surface area contributed by atoms with Crippen molar-refractivity contribution in [2.24, 2.45) is 0 Å². The van der Waals surface area contributed by atoms with Gasteiger partial charge >= 0.3 is 0 Å². The zero-order valence-electron chi connectivity index (χ0n) is 24.5. The normalized spacial score (nSPS) is 14.6. The highest BCUT2D eigenvalue weighted by molar-refractivity contribution is 5.86. The molecule has 3 aromatic carbocycles. The predicted octanol–water partition coefficient (Wildman–Crippen LogP) is 11.5. The van der Waals surface area contributed by atoms with Crippen LogP contribution in [0.5, 0.6) is 0 Å². The second-order valence-electron chi connectivity index (χ2n) is 12.4. The van der Waals surface area contributed by atoms with Crippen molar-refractivity contribution in [3.63, 3.8) is 0 Å². The summed E-state index contributed by atoms with van der Waals surface area (Å²) < 4.78 is 0. The molecule has 5 rings (SSSR count). The SMILES string of the molecule is CCCCCCCCC1(CCCCCCCC)c2cc(C)ccc2-c2cc3c(cc21)-c1ccccc1CC3. The Hall–Kier alpha value is -2.34. The number of benzene rings is 3. The van der Waals surface area contributed by atoms with Crippen LogP contribution in [0.25, 0.3) is 22.3 Å². The van der Waals surface area contributed by atoms with Gasteiger partial charge in [0.2, 0.25) is 0 Å². The van der Waals surface area contributed by atoms with Gasteiger partial charge in [-0.3, -0.25) is 0 Å². The largest absolute Gasteiger partial charge is 0.0654 e. The van der Waals surface area contributed by atoms with E-state index in [-0.39, 0.29) is 5.41 Å². The molecule has 0 unspecified atom stereocenters. The third-order valence-corrected chi connectivity index (χ3v) is 9.63. The fourth-order valence-corrected chi connectivity index (χ4v) is 7.50. The van der Waals surface area contributed by atoms with Gasteiger partial charge < -0.3 is 0 Å². The quantitative estimate of drug-likeness (QED) is 0.191. The molecule has 0 heteroatoms. The van der Waals surface area contributed by atoms with Crippen molar-refractivity contribution < 1.29 is 0 Å². The summed E-state index contributed by atoms with van der Waals surface area (Å²) in [6.45, 7) is 6.94. The Morgan fingerprint density at radius 3 is 1.84 bits per heavy atom. The maximum atomic E-state index is 2.67. The van der Waals surface area contributed by atoms with E-state index in [0.29, 0.717) is 0 Å². The fraction of sp³-hybridized carbons (Fsp3) is 0.526. The summed E-state index contributed by atoms with van der Waals surface area (Å²) in [5.41, 5.74) is 14.1. The van der Waals surface area contributed by atoms with Crippen LogP contribution in [0, 0.1) is 6.92 Å². The predicted molar refractivity (Wildman–Crippen MR) is 166 cm³/mol. The van der Waals surface area contributed by atoms with Gasteiger partial charge in [-0.15, -0.1) is 0 Å². The Morgan fingerprint density at radius 2 is 1.13 bits per heavy atom. The minimum absolute atomic E-state index is 0.174. The smallest absolute Gasteiger partial charge is 0.0215 e. The van der Waals surface area contributed by atoms with E-state index in [0.717, 1.165) is 0 Å². The van der Waals surface area contributed by atoms with Crippen LogP contribution in [-0.4, -0.2) is 0 Å². The molecule has 0 heterocycles. The highest BCUT2D eigenvalue weighted by Gasteiger charge is 2.43. The first-order valence-electron chi connectivity index (χ1n) is 16.0. The molecule has 0 spiro atoms. The average molecular weight is 507 g/mol. The molecule has 3 aromatic rings. The Balaban J connectivity index is 1.53. The summed E-state index contributed by atoms with van der Waals surface area (Å²) in [7, 11) is 0. The van der Waals surface area contributed by atoms with Crippen LogP contribution >= 0.6 is 0 Å². The average Bonchev–Trinajstić information content (AvgIpc) is 3.19. The Bertz CT molecular complexity index is 1200. The summed E-state index contributed by atoms with van der Waals surface area (Å²) in [5, 5.41) is 0. The van der Waals surface area contributed by atoms with Gasteiger partial charge in [0.05, 0.1) is 0 Å². The van der Waals surface area contributed by atoms with Crippen molar-refractivity contribution in [1.29, 1.82) is 0 Å². The van der Waals surface area contributed by atoms with Crippen molar-refractivity contribution in [2.45, 2.75) is 129 Å². The minimum atomic E-state index is 0.174. The molecule has 0 saturated heterocycles. The fourth-order valence-electron chi connectivity index (χ4n) is 7.50. The first-order valence-corrected chi connectivity index (χ1v) is 16.0. The third-order valence-electron chi connectivity index (χ3n) is 9.63. The van der Waals surface area contributed by atoms with Crippen molar-refractivity contribution in [2.75, 3.05) is 0 Å². The lowest BCUT2D eigenvalue weighted by atomic mass is 9.69. The third kappa shape index (κ3) is 5.52. The van der Waals surface area contributed by atoms with Gasteiger partial charge in [0, 0.05) is 5.41 Å². The summed E-state index contributed by atoms with van der Waals surface area (Å²) in [6.07, 6.45) is 21.4. The molecule has 2 aliphatic rings. The maximum absolute atomic E-state index is 2.67. The lowest BCUT2D eigenvalue weighted by molar-refractivity contribution is 0.397. The van der Waals surface area contributed by atoms with Crippen LogP contribution < -0.4 is 0 Å². The summed E-state index contributed by atoms with van der Waals surface area (Å²) in [6, 6.07) is 21.8. The van der Waals surface area contributed by atoms with E-state index in [9.17, 15) is 0 Å². The van der Waals surface area contributed by atoms with Crippen molar-refractivity contribution in [1.82, 2.24) is 0 Å². The van der Waals surface area contributed by atoms with Crippen LogP contribution in [0.15, 0.2) is 54.6 Å². The van der Waals surface area contributed by atoms with Crippen molar-refractivity contribution in [3.05, 3.63) is 82.4 Å².